The molecule has 1 nitrogen and oxygen atoms in total. The lowest BCUT2D eigenvalue weighted by Crippen LogP contribution is -2.02. The van der Waals surface area contributed by atoms with Crippen molar-refractivity contribution in [3.63, 3.8) is 0 Å². The van der Waals surface area contributed by atoms with Crippen molar-refractivity contribution in [2.45, 2.75) is 46.1 Å². The number of hydrogen-bond donors (Lipinski definition) is 0. The second-order valence-electron chi connectivity index (χ2n) is 5.90. The van der Waals surface area contributed by atoms with Crippen LogP contribution in [0.4, 0.5) is 0 Å². The first-order valence-electron chi connectivity index (χ1n) is 7.74. The summed E-state index contributed by atoms with van der Waals surface area (Å²) in [4.78, 5) is 0. The third-order valence-corrected chi connectivity index (χ3v) is 4.13. The zero-order chi connectivity index (χ0) is 14.1. The Morgan fingerprint density at radius 2 is 1.70 bits per heavy atom. The van der Waals surface area contributed by atoms with E-state index in [1.165, 1.54) is 46.6 Å². The van der Waals surface area contributed by atoms with Crippen LogP contribution in [0.1, 0.15) is 45.2 Å². The summed E-state index contributed by atoms with van der Waals surface area (Å²) in [5, 5.41) is 2.79. The number of fused-ring (bicyclic) bond motifs is 3. The normalized spacial score (nSPS) is 11.8. The van der Waals surface area contributed by atoms with Crippen molar-refractivity contribution in [2.24, 2.45) is 0 Å². The van der Waals surface area contributed by atoms with Gasteiger partial charge in [-0.3, -0.25) is 0 Å². The molecule has 0 aliphatic rings. The molecule has 0 aliphatic carbocycles. The molecule has 0 fully saturated rings. The van der Waals surface area contributed by atoms with Gasteiger partial charge in [0.25, 0.3) is 0 Å². The molecule has 104 valence electrons. The highest BCUT2D eigenvalue weighted by molar-refractivity contribution is 6.09. The van der Waals surface area contributed by atoms with Crippen molar-refractivity contribution in [3.05, 3.63) is 48.0 Å². The van der Waals surface area contributed by atoms with E-state index < -0.39 is 0 Å². The summed E-state index contributed by atoms with van der Waals surface area (Å²) in [6.07, 6.45) is 3.69. The molecular formula is C19H23N. The van der Waals surface area contributed by atoms with Gasteiger partial charge in [-0.05, 0) is 38.3 Å². The topological polar surface area (TPSA) is 4.93 Å². The third-order valence-electron chi connectivity index (χ3n) is 4.13. The highest BCUT2D eigenvalue weighted by atomic mass is 15.0. The van der Waals surface area contributed by atoms with Gasteiger partial charge in [0.1, 0.15) is 0 Å². The van der Waals surface area contributed by atoms with E-state index in [9.17, 15) is 0 Å². The van der Waals surface area contributed by atoms with Crippen LogP contribution in [0.15, 0.2) is 42.5 Å². The van der Waals surface area contributed by atoms with Crippen LogP contribution in [0.3, 0.4) is 0 Å². The predicted octanol–water partition coefficient (Wildman–Crippen LogP) is 5.72. The molecule has 0 radical (unpaired) electrons. The zero-order valence-electron chi connectivity index (χ0n) is 12.7. The van der Waals surface area contributed by atoms with Crippen molar-refractivity contribution < 1.29 is 0 Å². The summed E-state index contributed by atoms with van der Waals surface area (Å²) < 4.78 is 2.51. The Balaban J connectivity index is 2.38. The number of unbranched alkanes of at least 4 members (excludes halogenated alkanes) is 1. The Hall–Kier alpha value is -1.76. The lowest BCUT2D eigenvalue weighted by atomic mass is 10.0. The monoisotopic (exact) mass is 265 g/mol. The molecule has 0 spiro atoms. The summed E-state index contributed by atoms with van der Waals surface area (Å²) in [6.45, 7) is 6.82. The first-order valence-corrected chi connectivity index (χ1v) is 7.74. The summed E-state index contributed by atoms with van der Waals surface area (Å²) in [5.74, 6) is 0. The van der Waals surface area contributed by atoms with E-state index in [-0.39, 0.29) is 0 Å². The maximum Gasteiger partial charge on any atom is 0.0526 e. The van der Waals surface area contributed by atoms with Crippen LogP contribution in [-0.2, 0) is 6.42 Å². The molecular weight excluding hydrogens is 242 g/mol. The maximum atomic E-state index is 2.51. The minimum absolute atomic E-state index is 0.486. The van der Waals surface area contributed by atoms with Crippen molar-refractivity contribution >= 4 is 21.8 Å². The Morgan fingerprint density at radius 3 is 2.45 bits per heavy atom. The summed E-state index contributed by atoms with van der Waals surface area (Å²) in [6, 6.07) is 16.1. The van der Waals surface area contributed by atoms with Crippen molar-refractivity contribution in [3.8, 4) is 0 Å². The van der Waals surface area contributed by atoms with Gasteiger partial charge in [0, 0.05) is 22.3 Å². The van der Waals surface area contributed by atoms with Crippen LogP contribution in [0.2, 0.25) is 0 Å². The number of rotatable bonds is 4. The highest BCUT2D eigenvalue weighted by Crippen LogP contribution is 2.34. The number of para-hydroxylation sites is 2. The first kappa shape index (κ1) is 13.2. The van der Waals surface area contributed by atoms with Crippen LogP contribution in [-0.4, -0.2) is 4.57 Å². The van der Waals surface area contributed by atoms with Gasteiger partial charge in [-0.15, -0.1) is 0 Å². The SMILES string of the molecule is CCCCc1cccc2c3ccccc3n(C(C)C)c12. The van der Waals surface area contributed by atoms with E-state index in [2.05, 4.69) is 67.8 Å². The van der Waals surface area contributed by atoms with E-state index >= 15 is 0 Å². The second kappa shape index (κ2) is 5.32. The summed E-state index contributed by atoms with van der Waals surface area (Å²) in [7, 11) is 0. The molecule has 0 unspecified atom stereocenters. The summed E-state index contributed by atoms with van der Waals surface area (Å²) in [5.41, 5.74) is 4.30. The number of benzene rings is 2. The smallest absolute Gasteiger partial charge is 0.0526 e. The molecule has 0 aliphatic heterocycles. The van der Waals surface area contributed by atoms with Crippen molar-refractivity contribution in [1.82, 2.24) is 4.57 Å². The average Bonchev–Trinajstić information content (AvgIpc) is 2.80. The molecule has 1 heteroatoms. The van der Waals surface area contributed by atoms with E-state index in [4.69, 9.17) is 0 Å². The average molecular weight is 265 g/mol. The minimum atomic E-state index is 0.486. The molecule has 20 heavy (non-hydrogen) atoms. The van der Waals surface area contributed by atoms with E-state index in [1.807, 2.05) is 0 Å². The van der Waals surface area contributed by atoms with Gasteiger partial charge in [-0.2, -0.15) is 0 Å². The van der Waals surface area contributed by atoms with Crippen LogP contribution in [0.25, 0.3) is 21.8 Å². The number of aryl methyl sites for hydroxylation is 1. The lowest BCUT2D eigenvalue weighted by Gasteiger charge is -2.14. The fraction of sp³-hybridized carbons (Fsp3) is 0.368. The van der Waals surface area contributed by atoms with E-state index in [0.717, 1.165) is 0 Å². The molecule has 1 aromatic heterocycles. The largest absolute Gasteiger partial charge is 0.338 e. The first-order chi connectivity index (χ1) is 9.74. The molecule has 3 aromatic rings. The van der Waals surface area contributed by atoms with Crippen LogP contribution in [0, 0.1) is 0 Å². The van der Waals surface area contributed by atoms with Gasteiger partial charge in [-0.1, -0.05) is 49.7 Å². The van der Waals surface area contributed by atoms with Gasteiger partial charge in [0.2, 0.25) is 0 Å². The summed E-state index contributed by atoms with van der Waals surface area (Å²) >= 11 is 0. The Morgan fingerprint density at radius 1 is 0.950 bits per heavy atom. The second-order valence-corrected chi connectivity index (χ2v) is 5.90. The minimum Gasteiger partial charge on any atom is -0.338 e. The molecule has 0 atom stereocenters. The molecule has 0 saturated carbocycles. The highest BCUT2D eigenvalue weighted by Gasteiger charge is 2.14. The van der Waals surface area contributed by atoms with E-state index in [1.54, 1.807) is 0 Å². The Labute approximate surface area is 121 Å². The molecule has 1 heterocycles. The maximum absolute atomic E-state index is 2.51. The zero-order valence-corrected chi connectivity index (χ0v) is 12.7. The fourth-order valence-electron chi connectivity index (χ4n) is 3.23. The molecule has 0 bridgehead atoms. The quantitative estimate of drug-likeness (QED) is 0.568. The van der Waals surface area contributed by atoms with E-state index in [0.29, 0.717) is 6.04 Å². The Bertz CT molecular complexity index is 734. The van der Waals surface area contributed by atoms with Crippen molar-refractivity contribution in [2.75, 3.05) is 0 Å². The Kier molecular flexibility index (Phi) is 3.52. The van der Waals surface area contributed by atoms with Gasteiger partial charge in [-0.25, -0.2) is 0 Å². The van der Waals surface area contributed by atoms with Gasteiger partial charge in [0.15, 0.2) is 0 Å². The molecule has 0 saturated heterocycles. The molecule has 2 aromatic carbocycles. The van der Waals surface area contributed by atoms with Gasteiger partial charge in [0.05, 0.1) is 5.52 Å². The van der Waals surface area contributed by atoms with Gasteiger partial charge >= 0.3 is 0 Å². The molecule has 3 rings (SSSR count). The molecule has 0 amide bonds. The predicted molar refractivity (Wildman–Crippen MR) is 88.4 cm³/mol. The lowest BCUT2D eigenvalue weighted by molar-refractivity contribution is 0.639. The van der Waals surface area contributed by atoms with Crippen LogP contribution < -0.4 is 0 Å². The van der Waals surface area contributed by atoms with Gasteiger partial charge < -0.3 is 4.57 Å². The third kappa shape index (κ3) is 2.02. The number of hydrogen-bond acceptors (Lipinski definition) is 0. The number of aromatic nitrogens is 1. The van der Waals surface area contributed by atoms with Crippen molar-refractivity contribution in [1.29, 1.82) is 0 Å². The standard InChI is InChI=1S/C19H23N/c1-4-5-9-15-10-8-12-17-16-11-6-7-13-18(16)20(14(2)3)19(15)17/h6-8,10-14H,4-5,9H2,1-3H3. The molecule has 0 N–H and O–H groups in total. The van der Waals surface area contributed by atoms with Crippen LogP contribution >= 0.6 is 0 Å². The van der Waals surface area contributed by atoms with Crippen LogP contribution in [0.5, 0.6) is 0 Å². The number of nitrogens with zero attached hydrogens (tertiary/aromatic N) is 1. The fourth-order valence-corrected chi connectivity index (χ4v) is 3.23.